The molecule has 0 radical (unpaired) electrons. The van der Waals surface area contributed by atoms with Crippen molar-refractivity contribution in [2.24, 2.45) is 0 Å². The van der Waals surface area contributed by atoms with Gasteiger partial charge in [0, 0.05) is 32.0 Å². The van der Waals surface area contributed by atoms with Crippen LogP contribution < -0.4 is 4.90 Å². The van der Waals surface area contributed by atoms with E-state index in [9.17, 15) is 4.79 Å². The van der Waals surface area contributed by atoms with Gasteiger partial charge >= 0.3 is 0 Å². The van der Waals surface area contributed by atoms with Crippen LogP contribution in [-0.2, 0) is 5.54 Å². The largest absolute Gasteiger partial charge is 0.361 e. The van der Waals surface area contributed by atoms with Gasteiger partial charge in [0.2, 0.25) is 0 Å². The zero-order valence-corrected chi connectivity index (χ0v) is 17.8. The van der Waals surface area contributed by atoms with Gasteiger partial charge in [-0.05, 0) is 51.0 Å². The van der Waals surface area contributed by atoms with Crippen LogP contribution in [-0.4, -0.2) is 45.1 Å². The number of aryl methyl sites for hydroxylation is 2. The van der Waals surface area contributed by atoms with Gasteiger partial charge in [0.05, 0.1) is 17.1 Å². The first kappa shape index (κ1) is 18.9. The predicted molar refractivity (Wildman–Crippen MR) is 114 cm³/mol. The number of anilines is 1. The summed E-state index contributed by atoms with van der Waals surface area (Å²) in [5.41, 5.74) is 3.34. The van der Waals surface area contributed by atoms with Gasteiger partial charge in [0.1, 0.15) is 16.9 Å². The molecule has 1 spiro atoms. The summed E-state index contributed by atoms with van der Waals surface area (Å²) in [5, 5.41) is 3.98. The van der Waals surface area contributed by atoms with E-state index in [0.29, 0.717) is 30.1 Å². The van der Waals surface area contributed by atoms with Gasteiger partial charge in [-0.1, -0.05) is 18.5 Å². The third kappa shape index (κ3) is 2.61. The van der Waals surface area contributed by atoms with E-state index >= 15 is 0 Å². The molecule has 0 N–H and O–H groups in total. The summed E-state index contributed by atoms with van der Waals surface area (Å²) in [7, 11) is 0. The van der Waals surface area contributed by atoms with Crippen molar-refractivity contribution in [3.8, 4) is 5.82 Å². The lowest BCUT2D eigenvalue weighted by Gasteiger charge is -2.47. The second-order valence-electron chi connectivity index (χ2n) is 8.32. The number of unbranched alkanes of at least 4 members (excludes halogenated alkanes) is 1. The quantitative estimate of drug-likeness (QED) is 0.660. The van der Waals surface area contributed by atoms with Gasteiger partial charge in [-0.15, -0.1) is 0 Å². The Labute approximate surface area is 176 Å². The molecule has 7 nitrogen and oxygen atoms in total. The van der Waals surface area contributed by atoms with Crippen molar-refractivity contribution in [1.29, 1.82) is 0 Å². The van der Waals surface area contributed by atoms with Crippen LogP contribution in [0.5, 0.6) is 0 Å². The fourth-order valence-corrected chi connectivity index (χ4v) is 5.09. The average Bonchev–Trinajstić information content (AvgIpc) is 3.48. The molecule has 30 heavy (non-hydrogen) atoms. The molecule has 3 aromatic rings. The highest BCUT2D eigenvalue weighted by molar-refractivity contribution is 5.96. The van der Waals surface area contributed by atoms with E-state index in [4.69, 9.17) is 4.52 Å². The number of carbonyl (C=O) groups is 1. The van der Waals surface area contributed by atoms with E-state index in [-0.39, 0.29) is 11.4 Å². The molecule has 0 saturated carbocycles. The topological polar surface area (TPSA) is 67.4 Å². The minimum Gasteiger partial charge on any atom is -0.361 e. The van der Waals surface area contributed by atoms with Gasteiger partial charge in [-0.2, -0.15) is 0 Å². The third-order valence-corrected chi connectivity index (χ3v) is 6.54. The zero-order valence-electron chi connectivity index (χ0n) is 17.8. The summed E-state index contributed by atoms with van der Waals surface area (Å²) in [6.07, 6.45) is 7.02. The first-order valence-electron chi connectivity index (χ1n) is 10.7. The maximum Gasteiger partial charge on any atom is 0.259 e. The fraction of sp³-hybridized carbons (Fsp3) is 0.435. The molecule has 1 saturated heterocycles. The smallest absolute Gasteiger partial charge is 0.259 e. The Hall–Kier alpha value is -3.09. The van der Waals surface area contributed by atoms with Gasteiger partial charge < -0.3 is 18.9 Å². The Bertz CT molecular complexity index is 1080. The Kier molecular flexibility index (Phi) is 4.41. The fourth-order valence-electron chi connectivity index (χ4n) is 5.09. The number of fused-ring (bicyclic) bond motifs is 4. The first-order chi connectivity index (χ1) is 14.6. The van der Waals surface area contributed by atoms with Crippen LogP contribution in [0.2, 0.25) is 0 Å². The minimum atomic E-state index is -0.261. The monoisotopic (exact) mass is 405 g/mol. The zero-order chi connectivity index (χ0) is 20.9. The van der Waals surface area contributed by atoms with Crippen LogP contribution in [0, 0.1) is 13.8 Å². The number of likely N-dealkylation sites (tertiary alicyclic amines) is 1. The first-order valence-corrected chi connectivity index (χ1v) is 10.7. The lowest BCUT2D eigenvalue weighted by atomic mass is 9.88. The van der Waals surface area contributed by atoms with Crippen LogP contribution in [0.4, 0.5) is 5.69 Å². The Morgan fingerprint density at radius 3 is 2.90 bits per heavy atom. The van der Waals surface area contributed by atoms with Crippen molar-refractivity contribution in [2.75, 3.05) is 24.5 Å². The van der Waals surface area contributed by atoms with Gasteiger partial charge in [0.25, 0.3) is 5.91 Å². The molecule has 0 bridgehead atoms. The molecule has 2 aliphatic heterocycles. The molecule has 7 heteroatoms. The van der Waals surface area contributed by atoms with Gasteiger partial charge in [0.15, 0.2) is 5.82 Å². The van der Waals surface area contributed by atoms with Crippen LogP contribution in [0.1, 0.15) is 53.7 Å². The van der Waals surface area contributed by atoms with Crippen molar-refractivity contribution >= 4 is 11.6 Å². The molecule has 1 fully saturated rings. The van der Waals surface area contributed by atoms with Gasteiger partial charge in [-0.3, -0.25) is 4.79 Å². The van der Waals surface area contributed by atoms with Gasteiger partial charge in [-0.25, -0.2) is 4.98 Å². The number of amides is 1. The summed E-state index contributed by atoms with van der Waals surface area (Å²) in [5.74, 6) is 1.56. The summed E-state index contributed by atoms with van der Waals surface area (Å²) < 4.78 is 7.45. The molecule has 1 atom stereocenters. The summed E-state index contributed by atoms with van der Waals surface area (Å²) in [6.45, 7) is 8.13. The Morgan fingerprint density at radius 1 is 1.27 bits per heavy atom. The standard InChI is InChI=1S/C23H27N5O2/c1-4-5-13-28-18-8-6-11-24-21(18)27-12-7-9-19(27)23(28)10-14-26(15-23)22(29)20-16(2)25-30-17(20)3/h6-9,11-12H,4-5,10,13-15H2,1-3H3. The molecular formula is C23H27N5O2. The number of rotatable bonds is 4. The number of carbonyl (C=O) groups excluding carboxylic acids is 1. The second kappa shape index (κ2) is 7.00. The number of nitrogens with zero attached hydrogens (tertiary/aromatic N) is 5. The van der Waals surface area contributed by atoms with Crippen LogP contribution in [0.3, 0.4) is 0 Å². The van der Waals surface area contributed by atoms with Crippen LogP contribution >= 0.6 is 0 Å². The molecule has 156 valence electrons. The predicted octanol–water partition coefficient (Wildman–Crippen LogP) is 3.84. The van der Waals surface area contributed by atoms with E-state index < -0.39 is 0 Å². The normalized spacial score (nSPS) is 20.0. The molecule has 5 rings (SSSR count). The van der Waals surface area contributed by atoms with Crippen molar-refractivity contribution in [2.45, 2.75) is 45.6 Å². The number of aromatic nitrogens is 3. The maximum absolute atomic E-state index is 13.4. The van der Waals surface area contributed by atoms with Crippen molar-refractivity contribution in [3.05, 3.63) is 59.4 Å². The Balaban J connectivity index is 1.58. The van der Waals surface area contributed by atoms with E-state index in [0.717, 1.165) is 37.3 Å². The van der Waals surface area contributed by atoms with E-state index in [2.05, 4.69) is 50.9 Å². The number of pyridine rings is 1. The number of hydrogen-bond donors (Lipinski definition) is 0. The summed E-state index contributed by atoms with van der Waals surface area (Å²) in [6, 6.07) is 8.42. The molecule has 2 aliphatic rings. The lowest BCUT2D eigenvalue weighted by Crippen LogP contribution is -2.53. The lowest BCUT2D eigenvalue weighted by molar-refractivity contribution is 0.0779. The highest BCUT2D eigenvalue weighted by atomic mass is 16.5. The van der Waals surface area contributed by atoms with E-state index in [1.54, 1.807) is 6.92 Å². The number of hydrogen-bond acceptors (Lipinski definition) is 5. The summed E-state index contributed by atoms with van der Waals surface area (Å²) in [4.78, 5) is 22.5. The molecular weight excluding hydrogens is 378 g/mol. The summed E-state index contributed by atoms with van der Waals surface area (Å²) >= 11 is 0. The van der Waals surface area contributed by atoms with E-state index in [1.807, 2.05) is 24.1 Å². The third-order valence-electron chi connectivity index (χ3n) is 6.54. The highest BCUT2D eigenvalue weighted by Gasteiger charge is 2.51. The average molecular weight is 406 g/mol. The van der Waals surface area contributed by atoms with Crippen molar-refractivity contribution in [3.63, 3.8) is 0 Å². The molecule has 1 amide bonds. The second-order valence-corrected chi connectivity index (χ2v) is 8.32. The van der Waals surface area contributed by atoms with E-state index in [1.165, 1.54) is 5.69 Å². The molecule has 5 heterocycles. The molecule has 3 aromatic heterocycles. The van der Waals surface area contributed by atoms with Crippen LogP contribution in [0.25, 0.3) is 5.82 Å². The van der Waals surface area contributed by atoms with Crippen molar-refractivity contribution < 1.29 is 9.32 Å². The highest BCUT2D eigenvalue weighted by Crippen LogP contribution is 2.47. The minimum absolute atomic E-state index is 0.00802. The Morgan fingerprint density at radius 2 is 2.13 bits per heavy atom. The SMILES string of the molecule is CCCCN1c2cccnc2-n2cccc2C12CCN(C(=O)c1c(C)noc1C)C2. The molecule has 0 aromatic carbocycles. The molecule has 0 aliphatic carbocycles. The molecule has 1 unspecified atom stereocenters. The maximum atomic E-state index is 13.4. The van der Waals surface area contributed by atoms with Crippen LogP contribution in [0.15, 0.2) is 41.2 Å². The van der Waals surface area contributed by atoms with Crippen molar-refractivity contribution in [1.82, 2.24) is 19.6 Å².